The van der Waals surface area contributed by atoms with Crippen LogP contribution in [0.4, 0.5) is 10.1 Å². The summed E-state index contributed by atoms with van der Waals surface area (Å²) >= 11 is -1.22. The van der Waals surface area contributed by atoms with E-state index in [2.05, 4.69) is 17.3 Å². The van der Waals surface area contributed by atoms with Crippen molar-refractivity contribution in [2.45, 2.75) is 18.8 Å². The highest BCUT2D eigenvalue weighted by Crippen LogP contribution is 2.41. The van der Waals surface area contributed by atoms with E-state index in [0.717, 1.165) is 37.2 Å². The average Bonchev–Trinajstić information content (AvgIpc) is 3.16. The van der Waals surface area contributed by atoms with Gasteiger partial charge in [-0.2, -0.15) is 4.31 Å². The molecular formula is C24H28FN3O3S. The lowest BCUT2D eigenvalue weighted by atomic mass is 9.88. The molecule has 4 rings (SSSR count). The lowest BCUT2D eigenvalue weighted by molar-refractivity contribution is 0.0964. The monoisotopic (exact) mass is 457 g/mol. The molecule has 0 bridgehead atoms. The topological polar surface area (TPSA) is 71.8 Å². The largest absolute Gasteiger partial charge is 0.593 e. The van der Waals surface area contributed by atoms with Crippen molar-refractivity contribution < 1.29 is 18.2 Å². The first-order valence-electron chi connectivity index (χ1n) is 10.6. The molecule has 32 heavy (non-hydrogen) atoms. The number of piperidine rings is 1. The Morgan fingerprint density at radius 2 is 2.03 bits per heavy atom. The molecule has 2 aromatic carbocycles. The number of halogens is 1. The number of hydrogen-bond acceptors (Lipinski definition) is 5. The highest BCUT2D eigenvalue weighted by atomic mass is 32.2. The van der Waals surface area contributed by atoms with Crippen molar-refractivity contribution in [1.29, 1.82) is 0 Å². The van der Waals surface area contributed by atoms with E-state index in [0.29, 0.717) is 27.9 Å². The van der Waals surface area contributed by atoms with E-state index >= 15 is 0 Å². The maximum Gasteiger partial charge on any atom is 0.255 e. The molecule has 1 aliphatic rings. The number of likely N-dealkylation sites (N-methyl/N-ethyl adjacent to an activating group) is 1. The SMILES string of the molecule is CNC(=O)c1c(-c2ccc(F)cc2)oc2cc(N(C)[S@+](C)[O-])c([C@@H]3CCCN(C)C3)cc12. The van der Waals surface area contributed by atoms with Gasteiger partial charge in [0.05, 0.1) is 29.7 Å². The molecule has 1 aromatic heterocycles. The van der Waals surface area contributed by atoms with Gasteiger partial charge in [-0.05, 0) is 68.2 Å². The van der Waals surface area contributed by atoms with Gasteiger partial charge in [-0.1, -0.05) is 0 Å². The fourth-order valence-electron chi connectivity index (χ4n) is 4.46. The summed E-state index contributed by atoms with van der Waals surface area (Å²) < 4.78 is 33.7. The second kappa shape index (κ2) is 9.13. The van der Waals surface area contributed by atoms with Crippen LogP contribution in [0.2, 0.25) is 0 Å². The number of amides is 1. The lowest BCUT2D eigenvalue weighted by Crippen LogP contribution is -2.32. The van der Waals surface area contributed by atoms with Gasteiger partial charge in [0.2, 0.25) is 0 Å². The van der Waals surface area contributed by atoms with Gasteiger partial charge in [-0.15, -0.1) is 0 Å². The number of rotatable bonds is 5. The van der Waals surface area contributed by atoms with Gasteiger partial charge in [0.25, 0.3) is 5.91 Å². The Kier molecular flexibility index (Phi) is 6.46. The number of fused-ring (bicyclic) bond motifs is 1. The van der Waals surface area contributed by atoms with Crippen LogP contribution in [0.3, 0.4) is 0 Å². The molecule has 3 aromatic rings. The van der Waals surface area contributed by atoms with Crippen molar-refractivity contribution in [2.24, 2.45) is 0 Å². The predicted molar refractivity (Wildman–Crippen MR) is 127 cm³/mol. The van der Waals surface area contributed by atoms with E-state index in [1.807, 2.05) is 12.1 Å². The van der Waals surface area contributed by atoms with Crippen LogP contribution in [0.5, 0.6) is 0 Å². The molecule has 2 atom stereocenters. The van der Waals surface area contributed by atoms with Gasteiger partial charge < -0.3 is 19.2 Å². The van der Waals surface area contributed by atoms with E-state index in [4.69, 9.17) is 4.42 Å². The first-order chi connectivity index (χ1) is 15.3. The van der Waals surface area contributed by atoms with E-state index in [-0.39, 0.29) is 17.6 Å². The number of carbonyl (C=O) groups is 1. The van der Waals surface area contributed by atoms with Crippen molar-refractivity contribution in [2.75, 3.05) is 44.8 Å². The molecule has 2 heterocycles. The van der Waals surface area contributed by atoms with Gasteiger partial charge in [0.1, 0.15) is 23.4 Å². The second-order valence-electron chi connectivity index (χ2n) is 8.32. The maximum absolute atomic E-state index is 13.5. The number of hydrogen-bond donors (Lipinski definition) is 1. The van der Waals surface area contributed by atoms with Crippen LogP contribution in [0.15, 0.2) is 40.8 Å². The molecule has 6 nitrogen and oxygen atoms in total. The second-order valence-corrected chi connectivity index (χ2v) is 9.72. The van der Waals surface area contributed by atoms with Gasteiger partial charge >= 0.3 is 0 Å². The van der Waals surface area contributed by atoms with Crippen molar-refractivity contribution in [3.05, 3.63) is 53.3 Å². The predicted octanol–water partition coefficient (Wildman–Crippen LogP) is 4.14. The summed E-state index contributed by atoms with van der Waals surface area (Å²) in [4.78, 5) is 15.2. The summed E-state index contributed by atoms with van der Waals surface area (Å²) in [5, 5.41) is 3.40. The summed E-state index contributed by atoms with van der Waals surface area (Å²) in [6.45, 7) is 1.94. The molecule has 0 radical (unpaired) electrons. The Balaban J connectivity index is 1.96. The Hall–Kier alpha value is -2.55. The quantitative estimate of drug-likeness (QED) is 0.583. The zero-order valence-corrected chi connectivity index (χ0v) is 19.6. The minimum absolute atomic E-state index is 0.251. The Labute approximate surface area is 190 Å². The fourth-order valence-corrected chi connectivity index (χ4v) is 4.90. The van der Waals surface area contributed by atoms with E-state index in [1.165, 1.54) is 12.1 Å². The van der Waals surface area contributed by atoms with Crippen molar-refractivity contribution in [3.63, 3.8) is 0 Å². The van der Waals surface area contributed by atoms with E-state index in [1.54, 1.807) is 36.8 Å². The first kappa shape index (κ1) is 22.6. The molecule has 1 saturated heterocycles. The Morgan fingerprint density at radius 3 is 2.66 bits per heavy atom. The van der Waals surface area contributed by atoms with Gasteiger partial charge in [-0.25, -0.2) is 4.39 Å². The molecule has 1 amide bonds. The number of nitrogens with zero attached hydrogens (tertiary/aromatic N) is 2. The minimum atomic E-state index is -1.22. The average molecular weight is 458 g/mol. The molecule has 170 valence electrons. The zero-order chi connectivity index (χ0) is 23.0. The summed E-state index contributed by atoms with van der Waals surface area (Å²) in [6, 6.07) is 9.78. The summed E-state index contributed by atoms with van der Waals surface area (Å²) in [7, 11) is 5.48. The molecule has 0 saturated carbocycles. The van der Waals surface area contributed by atoms with Gasteiger partial charge in [0, 0.05) is 30.6 Å². The third-order valence-corrected chi connectivity index (χ3v) is 7.16. The minimum Gasteiger partial charge on any atom is -0.593 e. The van der Waals surface area contributed by atoms with Crippen LogP contribution < -0.4 is 9.62 Å². The maximum atomic E-state index is 13.5. The lowest BCUT2D eigenvalue weighted by Gasteiger charge is -2.32. The van der Waals surface area contributed by atoms with Crippen LogP contribution in [-0.2, 0) is 11.4 Å². The molecule has 0 aliphatic carbocycles. The van der Waals surface area contributed by atoms with Gasteiger partial charge in [0.15, 0.2) is 0 Å². The third-order valence-electron chi connectivity index (χ3n) is 6.19. The molecular weight excluding hydrogens is 429 g/mol. The third kappa shape index (κ3) is 4.22. The number of likely N-dealkylation sites (tertiary alicyclic amines) is 1. The van der Waals surface area contributed by atoms with Gasteiger partial charge in [-0.3, -0.25) is 4.79 Å². The summed E-state index contributed by atoms with van der Waals surface area (Å²) in [5.41, 5.74) is 3.46. The highest BCUT2D eigenvalue weighted by molar-refractivity contribution is 7.92. The molecule has 1 aliphatic heterocycles. The van der Waals surface area contributed by atoms with Crippen LogP contribution in [0, 0.1) is 5.82 Å². The van der Waals surface area contributed by atoms with Crippen LogP contribution in [-0.4, -0.2) is 55.8 Å². The number of anilines is 1. The van der Waals surface area contributed by atoms with E-state index in [9.17, 15) is 13.7 Å². The normalized spacial score (nSPS) is 18.0. The van der Waals surface area contributed by atoms with Crippen molar-refractivity contribution in [3.8, 4) is 11.3 Å². The molecule has 1 fully saturated rings. The summed E-state index contributed by atoms with van der Waals surface area (Å²) in [6.07, 6.45) is 3.74. The summed E-state index contributed by atoms with van der Waals surface area (Å²) in [5.74, 6) is 0.0173. The van der Waals surface area contributed by atoms with Crippen LogP contribution in [0.25, 0.3) is 22.3 Å². The number of nitrogens with one attached hydrogen (secondary N) is 1. The smallest absolute Gasteiger partial charge is 0.255 e. The van der Waals surface area contributed by atoms with Crippen molar-refractivity contribution in [1.82, 2.24) is 10.2 Å². The molecule has 8 heteroatoms. The molecule has 0 spiro atoms. The molecule has 0 unspecified atom stereocenters. The highest BCUT2D eigenvalue weighted by Gasteiger charge is 2.29. The van der Waals surface area contributed by atoms with Crippen molar-refractivity contribution >= 4 is 33.9 Å². The zero-order valence-electron chi connectivity index (χ0n) is 18.8. The number of carbonyl (C=O) groups excluding carboxylic acids is 1. The van der Waals surface area contributed by atoms with E-state index < -0.39 is 11.4 Å². The number of furan rings is 1. The van der Waals surface area contributed by atoms with Crippen LogP contribution in [0.1, 0.15) is 34.7 Å². The molecule has 1 N–H and O–H groups in total. The first-order valence-corrected chi connectivity index (χ1v) is 12.2. The Bertz CT molecular complexity index is 1130. The number of benzene rings is 2. The van der Waals surface area contributed by atoms with Crippen LogP contribution >= 0.6 is 0 Å². The fraction of sp³-hybridized carbons (Fsp3) is 0.375. The standard InChI is InChI=1S/C24H28FN3O3S/c1-26-24(29)22-19-12-18(16-6-5-11-27(2)14-16)20(28(3)32(4)30)13-21(19)31-23(22)15-7-9-17(25)10-8-15/h7-10,12-13,16H,5-6,11,14H2,1-4H3,(H,26,29)/t16-,32+/m1/s1. The Morgan fingerprint density at radius 1 is 1.31 bits per heavy atom.